The summed E-state index contributed by atoms with van der Waals surface area (Å²) in [5.41, 5.74) is 1.37. The number of carboxylic acid groups (broad SMARTS) is 1. The molecule has 2 N–H and O–H groups in total. The fourth-order valence-electron chi connectivity index (χ4n) is 3.59. The van der Waals surface area contributed by atoms with Gasteiger partial charge in [0.1, 0.15) is 5.54 Å². The van der Waals surface area contributed by atoms with Gasteiger partial charge in [0.25, 0.3) is 0 Å². The average Bonchev–Trinajstić information content (AvgIpc) is 3.27. The predicted molar refractivity (Wildman–Crippen MR) is 119 cm³/mol. The number of nitrogens with one attached hydrogen (secondary N) is 1. The Hall–Kier alpha value is -3.82. The lowest BCUT2D eigenvalue weighted by molar-refractivity contribution is 0.0697. The Kier molecular flexibility index (Phi) is 5.84. The highest BCUT2D eigenvalue weighted by Crippen LogP contribution is 2.35. The molecule has 0 unspecified atom stereocenters. The minimum atomic E-state index is -3.33. The molecule has 1 saturated heterocycles. The second kappa shape index (κ2) is 8.61. The molecule has 0 aliphatic carbocycles. The van der Waals surface area contributed by atoms with E-state index >= 15 is 0 Å². The number of benzene rings is 1. The molecule has 2 aromatic heterocycles. The summed E-state index contributed by atoms with van der Waals surface area (Å²) in [7, 11) is -3.33. The Balaban J connectivity index is 1.54. The zero-order valence-corrected chi connectivity index (χ0v) is 18.5. The number of sulfonamides is 1. The van der Waals surface area contributed by atoms with Gasteiger partial charge in [0.15, 0.2) is 0 Å². The quantitative estimate of drug-likeness (QED) is 0.506. The molecule has 4 rings (SSSR count). The van der Waals surface area contributed by atoms with Gasteiger partial charge in [-0.05, 0) is 37.3 Å². The van der Waals surface area contributed by atoms with Gasteiger partial charge in [-0.15, -0.1) is 0 Å². The van der Waals surface area contributed by atoms with E-state index in [9.17, 15) is 18.5 Å². The maximum absolute atomic E-state index is 12.1. The standard InChI is InChI=1S/C21H21N7O4S/c1-2-33(31,32)27-13-21(14-27,8-9-22)28-12-16(11-24-28)18-7-10-23-20(26-18)25-17-5-3-15(4-6-17)19(29)30/h3-7,10-12H,2,8,13-14H2,1H3,(H,29,30)(H,23,25,26). The number of anilines is 2. The predicted octanol–water partition coefficient (Wildman–Crippen LogP) is 2.06. The number of carboxylic acids is 1. The Labute approximate surface area is 190 Å². The van der Waals surface area contributed by atoms with Gasteiger partial charge >= 0.3 is 5.97 Å². The van der Waals surface area contributed by atoms with Crippen LogP contribution < -0.4 is 5.32 Å². The third-order valence-electron chi connectivity index (χ3n) is 5.52. The molecule has 1 aliphatic rings. The minimum Gasteiger partial charge on any atom is -0.478 e. The van der Waals surface area contributed by atoms with Crippen LogP contribution in [0, 0.1) is 11.3 Å². The van der Waals surface area contributed by atoms with Crippen LogP contribution in [0.25, 0.3) is 11.3 Å². The first-order valence-electron chi connectivity index (χ1n) is 10.1. The van der Waals surface area contributed by atoms with Gasteiger partial charge in [0.05, 0.1) is 35.7 Å². The smallest absolute Gasteiger partial charge is 0.335 e. The molecule has 0 bridgehead atoms. The van der Waals surface area contributed by atoms with E-state index in [2.05, 4.69) is 26.5 Å². The van der Waals surface area contributed by atoms with E-state index in [0.717, 1.165) is 0 Å². The fraction of sp³-hybridized carbons (Fsp3) is 0.286. The first-order valence-corrected chi connectivity index (χ1v) is 11.7. The maximum atomic E-state index is 12.1. The highest BCUT2D eigenvalue weighted by Gasteiger charge is 2.49. The molecular formula is C21H21N7O4S. The SMILES string of the molecule is CCS(=O)(=O)N1CC(CC#N)(n2cc(-c3ccnc(Nc4ccc(C(=O)O)cc4)n3)cn2)C1. The Morgan fingerprint density at radius 3 is 2.64 bits per heavy atom. The third kappa shape index (κ3) is 4.41. The summed E-state index contributed by atoms with van der Waals surface area (Å²) in [6, 6.07) is 10.1. The summed E-state index contributed by atoms with van der Waals surface area (Å²) < 4.78 is 27.3. The Morgan fingerprint density at radius 2 is 2.00 bits per heavy atom. The van der Waals surface area contributed by atoms with Crippen LogP contribution in [0.1, 0.15) is 23.7 Å². The average molecular weight is 468 g/mol. The number of aromatic carboxylic acids is 1. The number of hydrogen-bond acceptors (Lipinski definition) is 8. The van der Waals surface area contributed by atoms with Gasteiger partial charge in [-0.2, -0.15) is 14.7 Å². The molecule has 12 heteroatoms. The van der Waals surface area contributed by atoms with Crippen molar-refractivity contribution in [2.45, 2.75) is 18.9 Å². The van der Waals surface area contributed by atoms with Crippen molar-refractivity contribution in [3.63, 3.8) is 0 Å². The van der Waals surface area contributed by atoms with Crippen molar-refractivity contribution in [1.29, 1.82) is 5.26 Å². The monoisotopic (exact) mass is 467 g/mol. The van der Waals surface area contributed by atoms with E-state index in [1.807, 2.05) is 0 Å². The van der Waals surface area contributed by atoms with Crippen molar-refractivity contribution in [3.8, 4) is 17.3 Å². The van der Waals surface area contributed by atoms with Gasteiger partial charge in [-0.3, -0.25) is 4.68 Å². The van der Waals surface area contributed by atoms with Gasteiger partial charge in [0, 0.05) is 36.7 Å². The number of rotatable bonds is 8. The van der Waals surface area contributed by atoms with Crippen LogP contribution in [0.2, 0.25) is 0 Å². The molecule has 1 aromatic carbocycles. The van der Waals surface area contributed by atoms with Crippen molar-refractivity contribution >= 4 is 27.6 Å². The summed E-state index contributed by atoms with van der Waals surface area (Å²) >= 11 is 0. The molecule has 33 heavy (non-hydrogen) atoms. The molecule has 0 amide bonds. The van der Waals surface area contributed by atoms with Crippen LogP contribution in [0.3, 0.4) is 0 Å². The zero-order valence-electron chi connectivity index (χ0n) is 17.7. The summed E-state index contributed by atoms with van der Waals surface area (Å²) in [6.07, 6.45) is 5.08. The highest BCUT2D eigenvalue weighted by molar-refractivity contribution is 7.89. The maximum Gasteiger partial charge on any atom is 0.335 e. The summed E-state index contributed by atoms with van der Waals surface area (Å²) in [4.78, 5) is 19.7. The fourth-order valence-corrected chi connectivity index (χ4v) is 4.83. The van der Waals surface area contributed by atoms with Crippen LogP contribution in [-0.4, -0.2) is 62.4 Å². The second-order valence-corrected chi connectivity index (χ2v) is 9.93. The van der Waals surface area contributed by atoms with Crippen molar-refractivity contribution in [2.24, 2.45) is 0 Å². The van der Waals surface area contributed by atoms with Crippen LogP contribution in [-0.2, 0) is 15.6 Å². The normalized spacial score (nSPS) is 15.4. The first kappa shape index (κ1) is 22.4. The molecular weight excluding hydrogens is 446 g/mol. The summed E-state index contributed by atoms with van der Waals surface area (Å²) in [6.45, 7) is 1.98. The van der Waals surface area contributed by atoms with E-state index in [1.165, 1.54) is 16.4 Å². The van der Waals surface area contributed by atoms with Gasteiger partial charge in [-0.25, -0.2) is 23.2 Å². The van der Waals surface area contributed by atoms with Crippen molar-refractivity contribution < 1.29 is 18.3 Å². The molecule has 3 aromatic rings. The van der Waals surface area contributed by atoms with Crippen molar-refractivity contribution in [2.75, 3.05) is 24.2 Å². The molecule has 0 spiro atoms. The molecule has 1 fully saturated rings. The number of nitrogens with zero attached hydrogens (tertiary/aromatic N) is 6. The van der Waals surface area contributed by atoms with Crippen molar-refractivity contribution in [1.82, 2.24) is 24.1 Å². The zero-order chi connectivity index (χ0) is 23.6. The molecule has 0 radical (unpaired) electrons. The molecule has 11 nitrogen and oxygen atoms in total. The lowest BCUT2D eigenvalue weighted by atomic mass is 9.89. The van der Waals surface area contributed by atoms with E-state index < -0.39 is 21.5 Å². The van der Waals surface area contributed by atoms with Crippen LogP contribution in [0.5, 0.6) is 0 Å². The van der Waals surface area contributed by atoms with Crippen LogP contribution in [0.15, 0.2) is 48.9 Å². The molecule has 170 valence electrons. The molecule has 1 aliphatic heterocycles. The number of carbonyl (C=O) groups is 1. The van der Waals surface area contributed by atoms with Crippen molar-refractivity contribution in [3.05, 3.63) is 54.5 Å². The van der Waals surface area contributed by atoms with Gasteiger partial charge in [-0.1, -0.05) is 0 Å². The second-order valence-electron chi connectivity index (χ2n) is 7.67. The largest absolute Gasteiger partial charge is 0.478 e. The lowest BCUT2D eigenvalue weighted by Gasteiger charge is -2.47. The molecule has 3 heterocycles. The number of hydrogen-bond donors (Lipinski definition) is 2. The third-order valence-corrected chi connectivity index (χ3v) is 7.29. The Morgan fingerprint density at radius 1 is 1.27 bits per heavy atom. The number of aromatic nitrogens is 4. The van der Waals surface area contributed by atoms with Crippen LogP contribution in [0.4, 0.5) is 11.6 Å². The molecule has 0 atom stereocenters. The van der Waals surface area contributed by atoms with Crippen LogP contribution >= 0.6 is 0 Å². The number of nitriles is 1. The Bertz CT molecular complexity index is 1320. The molecule has 0 saturated carbocycles. The topological polar surface area (TPSA) is 154 Å². The summed E-state index contributed by atoms with van der Waals surface area (Å²) in [5, 5.41) is 25.7. The van der Waals surface area contributed by atoms with Gasteiger partial charge in [0.2, 0.25) is 16.0 Å². The van der Waals surface area contributed by atoms with E-state index in [1.54, 1.807) is 48.4 Å². The minimum absolute atomic E-state index is 0.00966. The summed E-state index contributed by atoms with van der Waals surface area (Å²) in [5.74, 6) is -0.679. The van der Waals surface area contributed by atoms with Gasteiger partial charge < -0.3 is 10.4 Å². The van der Waals surface area contributed by atoms with E-state index in [0.29, 0.717) is 22.9 Å². The van der Waals surface area contributed by atoms with E-state index in [4.69, 9.17) is 5.11 Å². The van der Waals surface area contributed by atoms with E-state index in [-0.39, 0.29) is 30.8 Å². The lowest BCUT2D eigenvalue weighted by Crippen LogP contribution is -2.64. The first-order chi connectivity index (χ1) is 15.8. The highest BCUT2D eigenvalue weighted by atomic mass is 32.2.